The van der Waals surface area contributed by atoms with Crippen LogP contribution in [0.4, 0.5) is 0 Å². The molecule has 2 N–H and O–H groups in total. The number of methoxy groups -OCH3 is 1. The van der Waals surface area contributed by atoms with Gasteiger partial charge < -0.3 is 24.7 Å². The number of hydrogen-bond donors (Lipinski definition) is 1. The fourth-order valence-electron chi connectivity index (χ4n) is 4.04. The number of carbonyl (C=O) groups is 4. The molecule has 0 aliphatic carbocycles. The normalized spacial score (nSPS) is 14.4. The highest BCUT2D eigenvalue weighted by Crippen LogP contribution is 2.32. The van der Waals surface area contributed by atoms with Gasteiger partial charge in [0.2, 0.25) is 0 Å². The van der Waals surface area contributed by atoms with Crippen LogP contribution in [0.5, 0.6) is 11.5 Å². The molecule has 9 heteroatoms. The zero-order valence-corrected chi connectivity index (χ0v) is 24.1. The number of nitrogens with two attached hydrogens (primary N) is 1. The summed E-state index contributed by atoms with van der Waals surface area (Å²) in [6.45, 7) is 13.0. The van der Waals surface area contributed by atoms with Crippen LogP contribution in [0, 0.1) is 17.8 Å². The van der Waals surface area contributed by atoms with Gasteiger partial charge in [-0.3, -0.25) is 19.2 Å². The molecule has 214 valence electrons. The van der Waals surface area contributed by atoms with Crippen LogP contribution in [0.2, 0.25) is 0 Å². The first-order chi connectivity index (χ1) is 17.7. The van der Waals surface area contributed by atoms with E-state index in [0.717, 1.165) is 6.42 Å². The Balaban J connectivity index is 3.23. The number of carbonyl (C=O) groups excluding carboxylic acids is 4. The lowest BCUT2D eigenvalue weighted by molar-refractivity contribution is -0.157. The Morgan fingerprint density at radius 3 is 1.95 bits per heavy atom. The van der Waals surface area contributed by atoms with Crippen molar-refractivity contribution >= 4 is 23.9 Å². The monoisotopic (exact) mass is 535 g/mol. The van der Waals surface area contributed by atoms with E-state index in [2.05, 4.69) is 0 Å². The fourth-order valence-corrected chi connectivity index (χ4v) is 4.04. The second kappa shape index (κ2) is 15.5. The summed E-state index contributed by atoms with van der Waals surface area (Å²) in [5.41, 5.74) is 5.55. The van der Waals surface area contributed by atoms with Gasteiger partial charge in [0.15, 0.2) is 11.5 Å². The highest BCUT2D eigenvalue weighted by atomic mass is 16.6. The molecule has 1 rings (SSSR count). The molecule has 3 atom stereocenters. The van der Waals surface area contributed by atoms with Gasteiger partial charge in [-0.05, 0) is 42.9 Å². The molecule has 0 radical (unpaired) electrons. The molecule has 0 spiro atoms. The molecule has 9 nitrogen and oxygen atoms in total. The van der Waals surface area contributed by atoms with E-state index in [1.165, 1.54) is 19.2 Å². The summed E-state index contributed by atoms with van der Waals surface area (Å²) in [6.07, 6.45) is 1.28. The van der Waals surface area contributed by atoms with Crippen molar-refractivity contribution in [2.24, 2.45) is 23.5 Å². The first-order valence-electron chi connectivity index (χ1n) is 13.3. The molecule has 0 saturated heterocycles. The van der Waals surface area contributed by atoms with Crippen molar-refractivity contribution in [1.82, 2.24) is 0 Å². The number of esters is 4. The highest BCUT2D eigenvalue weighted by molar-refractivity contribution is 5.81. The summed E-state index contributed by atoms with van der Waals surface area (Å²) >= 11 is 0. The van der Waals surface area contributed by atoms with Gasteiger partial charge in [0, 0.05) is 25.7 Å². The first kappa shape index (κ1) is 33.1. The predicted molar refractivity (Wildman–Crippen MR) is 144 cm³/mol. The summed E-state index contributed by atoms with van der Waals surface area (Å²) in [7, 11) is 1.24. The molecule has 1 aromatic rings. The fraction of sp³-hybridized carbons (Fsp3) is 0.655. The topological polar surface area (TPSA) is 131 Å². The maximum absolute atomic E-state index is 12.8. The van der Waals surface area contributed by atoms with Gasteiger partial charge >= 0.3 is 23.9 Å². The van der Waals surface area contributed by atoms with Gasteiger partial charge in [0.1, 0.15) is 11.6 Å². The maximum atomic E-state index is 12.8. The van der Waals surface area contributed by atoms with E-state index in [-0.39, 0.29) is 60.9 Å². The summed E-state index contributed by atoms with van der Waals surface area (Å²) in [5, 5.41) is 0. The summed E-state index contributed by atoms with van der Waals surface area (Å²) in [5.74, 6) is -1.90. The zero-order valence-electron chi connectivity index (χ0n) is 24.1. The van der Waals surface area contributed by atoms with Gasteiger partial charge in [-0.1, -0.05) is 54.0 Å². The standard InChI is InChI=1S/C29H45NO8/c1-9-10-20(6)27(33)36-21(7)16-29(30,28(34)35-8)17-22-11-12-23(37-25(31)13-18(2)3)24(15-22)38-26(32)14-19(4)5/h11-12,15,18-21H,9-10,13-14,16-17,30H2,1-8H3/t20?,21?,29-/m1/s1. The highest BCUT2D eigenvalue weighted by Gasteiger charge is 2.38. The number of rotatable bonds is 15. The van der Waals surface area contributed by atoms with E-state index in [9.17, 15) is 19.2 Å². The van der Waals surface area contributed by atoms with Crippen LogP contribution in [-0.2, 0) is 35.1 Å². The van der Waals surface area contributed by atoms with Crippen molar-refractivity contribution in [2.45, 2.75) is 98.6 Å². The van der Waals surface area contributed by atoms with Crippen LogP contribution in [0.3, 0.4) is 0 Å². The van der Waals surface area contributed by atoms with Crippen LogP contribution in [0.1, 0.15) is 86.1 Å². The third-order valence-corrected chi connectivity index (χ3v) is 5.81. The van der Waals surface area contributed by atoms with Gasteiger partial charge in [0.05, 0.1) is 13.0 Å². The average Bonchev–Trinajstić information content (AvgIpc) is 2.78. The largest absolute Gasteiger partial charge is 0.468 e. The zero-order chi connectivity index (χ0) is 29.0. The molecular weight excluding hydrogens is 490 g/mol. The molecule has 0 fully saturated rings. The molecule has 0 aromatic heterocycles. The Labute approximate surface area is 226 Å². The Morgan fingerprint density at radius 2 is 1.45 bits per heavy atom. The van der Waals surface area contributed by atoms with Crippen molar-refractivity contribution in [1.29, 1.82) is 0 Å². The quantitative estimate of drug-likeness (QED) is 0.249. The molecule has 2 unspecified atom stereocenters. The lowest BCUT2D eigenvalue weighted by Gasteiger charge is -2.30. The second-order valence-electron chi connectivity index (χ2n) is 10.9. The van der Waals surface area contributed by atoms with Crippen molar-refractivity contribution in [3.8, 4) is 11.5 Å². The van der Waals surface area contributed by atoms with E-state index in [4.69, 9.17) is 24.7 Å². The molecule has 0 saturated carbocycles. The molecule has 1 aromatic carbocycles. The average molecular weight is 536 g/mol. The Bertz CT molecular complexity index is 958. The van der Waals surface area contributed by atoms with Crippen LogP contribution < -0.4 is 15.2 Å². The van der Waals surface area contributed by atoms with Gasteiger partial charge in [-0.25, -0.2) is 0 Å². The van der Waals surface area contributed by atoms with Crippen LogP contribution in [0.15, 0.2) is 18.2 Å². The Kier molecular flexibility index (Phi) is 13.5. The molecule has 0 aliphatic heterocycles. The second-order valence-corrected chi connectivity index (χ2v) is 10.9. The molecule has 0 amide bonds. The Morgan fingerprint density at radius 1 is 0.895 bits per heavy atom. The lowest BCUT2D eigenvalue weighted by atomic mass is 9.86. The number of benzene rings is 1. The first-order valence-corrected chi connectivity index (χ1v) is 13.3. The minimum Gasteiger partial charge on any atom is -0.468 e. The van der Waals surface area contributed by atoms with Crippen LogP contribution in [-0.4, -0.2) is 42.6 Å². The van der Waals surface area contributed by atoms with Crippen LogP contribution >= 0.6 is 0 Å². The lowest BCUT2D eigenvalue weighted by Crippen LogP contribution is -2.53. The minimum absolute atomic E-state index is 0.00102. The summed E-state index contributed by atoms with van der Waals surface area (Å²) in [6, 6.07) is 4.68. The van der Waals surface area contributed by atoms with Crippen molar-refractivity contribution < 1.29 is 38.1 Å². The van der Waals surface area contributed by atoms with E-state index >= 15 is 0 Å². The minimum atomic E-state index is -1.53. The smallest absolute Gasteiger partial charge is 0.326 e. The molecule has 0 aliphatic rings. The molecule has 0 bridgehead atoms. The van der Waals surface area contributed by atoms with Crippen LogP contribution in [0.25, 0.3) is 0 Å². The van der Waals surface area contributed by atoms with Crippen molar-refractivity contribution in [2.75, 3.05) is 7.11 Å². The van der Waals surface area contributed by atoms with Gasteiger partial charge in [0.25, 0.3) is 0 Å². The molecule has 38 heavy (non-hydrogen) atoms. The third kappa shape index (κ3) is 11.2. The SMILES string of the molecule is CCCC(C)C(=O)OC(C)C[C@@](N)(Cc1ccc(OC(=O)CC(C)C)c(OC(=O)CC(C)C)c1)C(=O)OC. The summed E-state index contributed by atoms with van der Waals surface area (Å²) < 4.78 is 21.5. The van der Waals surface area contributed by atoms with E-state index in [1.54, 1.807) is 19.9 Å². The van der Waals surface area contributed by atoms with E-state index < -0.39 is 29.6 Å². The Hall–Kier alpha value is -2.94. The predicted octanol–water partition coefficient (Wildman–Crippen LogP) is 4.76. The van der Waals surface area contributed by atoms with Crippen molar-refractivity contribution in [3.63, 3.8) is 0 Å². The summed E-state index contributed by atoms with van der Waals surface area (Å²) in [4.78, 5) is 49.8. The number of ether oxygens (including phenoxy) is 4. The molecule has 0 heterocycles. The maximum Gasteiger partial charge on any atom is 0.326 e. The van der Waals surface area contributed by atoms with Gasteiger partial charge in [-0.2, -0.15) is 0 Å². The third-order valence-electron chi connectivity index (χ3n) is 5.81. The van der Waals surface area contributed by atoms with E-state index in [1.807, 2.05) is 34.6 Å². The molecular formula is C29H45NO8. The van der Waals surface area contributed by atoms with E-state index in [0.29, 0.717) is 12.0 Å². The van der Waals surface area contributed by atoms with Gasteiger partial charge in [-0.15, -0.1) is 0 Å². The van der Waals surface area contributed by atoms with Crippen molar-refractivity contribution in [3.05, 3.63) is 23.8 Å². The number of hydrogen-bond acceptors (Lipinski definition) is 9.